The van der Waals surface area contributed by atoms with Crippen LogP contribution in [0.3, 0.4) is 0 Å². The van der Waals surface area contributed by atoms with Crippen molar-refractivity contribution in [3.05, 3.63) is 82.9 Å². The number of hydrogen-bond donors (Lipinski definition) is 1. The summed E-state index contributed by atoms with van der Waals surface area (Å²) in [7, 11) is 3.07. The Morgan fingerprint density at radius 2 is 1.73 bits per heavy atom. The highest BCUT2D eigenvalue weighted by atomic mass is 16.5. The number of phenols is 1. The molecule has 0 fully saturated rings. The minimum atomic E-state index is -0.496. The highest BCUT2D eigenvalue weighted by Crippen LogP contribution is 2.46. The molecule has 1 heterocycles. The highest BCUT2D eigenvalue weighted by molar-refractivity contribution is 6.11. The first-order valence-electron chi connectivity index (χ1n) is 9.41. The quantitative estimate of drug-likeness (QED) is 0.392. The second-order valence-corrected chi connectivity index (χ2v) is 6.91. The molecule has 1 unspecified atom stereocenters. The van der Waals surface area contributed by atoms with Crippen LogP contribution in [0.2, 0.25) is 0 Å². The number of carbonyl (C=O) groups excluding carboxylic acids is 2. The van der Waals surface area contributed by atoms with Gasteiger partial charge in [-0.25, -0.2) is 0 Å². The Morgan fingerprint density at radius 1 is 1.00 bits per heavy atom. The zero-order valence-electron chi connectivity index (χ0n) is 16.5. The predicted molar refractivity (Wildman–Crippen MR) is 110 cm³/mol. The maximum absolute atomic E-state index is 12.9. The number of hydrogen-bond acceptors (Lipinski definition) is 6. The van der Waals surface area contributed by atoms with Gasteiger partial charge < -0.3 is 19.3 Å². The van der Waals surface area contributed by atoms with Gasteiger partial charge in [-0.3, -0.25) is 9.59 Å². The predicted octanol–water partition coefficient (Wildman–Crippen LogP) is 4.08. The van der Waals surface area contributed by atoms with Crippen LogP contribution < -0.4 is 14.2 Å². The van der Waals surface area contributed by atoms with Gasteiger partial charge in [0.05, 0.1) is 26.2 Å². The van der Waals surface area contributed by atoms with Crippen molar-refractivity contribution in [1.29, 1.82) is 0 Å². The van der Waals surface area contributed by atoms with Crippen molar-refractivity contribution in [3.8, 4) is 23.0 Å². The number of carbonyl (C=O) groups is 2. The van der Waals surface area contributed by atoms with Crippen molar-refractivity contribution in [2.24, 2.45) is 0 Å². The fourth-order valence-electron chi connectivity index (χ4n) is 3.73. The number of ether oxygens (including phenoxy) is 3. The summed E-state index contributed by atoms with van der Waals surface area (Å²) in [5.41, 5.74) is 1.76. The van der Waals surface area contributed by atoms with Crippen LogP contribution in [0, 0.1) is 0 Å². The fourth-order valence-corrected chi connectivity index (χ4v) is 3.73. The number of esters is 1. The number of fused-ring (bicyclic) bond motifs is 1. The molecule has 6 nitrogen and oxygen atoms in total. The average molecular weight is 404 g/mol. The van der Waals surface area contributed by atoms with E-state index < -0.39 is 11.9 Å². The van der Waals surface area contributed by atoms with E-state index >= 15 is 0 Å². The molecule has 1 aliphatic rings. The highest BCUT2D eigenvalue weighted by Gasteiger charge is 2.33. The Bertz CT molecular complexity index is 1120. The van der Waals surface area contributed by atoms with Crippen molar-refractivity contribution in [2.75, 3.05) is 14.2 Å². The van der Waals surface area contributed by atoms with E-state index in [9.17, 15) is 14.7 Å². The molecular weight excluding hydrogens is 384 g/mol. The molecule has 1 aliphatic heterocycles. The summed E-state index contributed by atoms with van der Waals surface area (Å²) in [6.07, 6.45) is 0.0268. The Kier molecular flexibility index (Phi) is 5.14. The number of aromatic hydroxyl groups is 1. The fraction of sp³-hybridized carbons (Fsp3) is 0.167. The van der Waals surface area contributed by atoms with Crippen LogP contribution >= 0.6 is 0 Å². The summed E-state index contributed by atoms with van der Waals surface area (Å²) in [5.74, 6) is -0.0994. The lowest BCUT2D eigenvalue weighted by molar-refractivity contribution is -0.135. The molecule has 3 aromatic rings. The van der Waals surface area contributed by atoms with E-state index in [1.807, 2.05) is 6.07 Å². The Labute approximate surface area is 173 Å². The van der Waals surface area contributed by atoms with Crippen molar-refractivity contribution < 1.29 is 28.9 Å². The van der Waals surface area contributed by atoms with E-state index in [1.165, 1.54) is 20.3 Å². The van der Waals surface area contributed by atoms with Gasteiger partial charge in [-0.15, -0.1) is 0 Å². The Morgan fingerprint density at radius 3 is 2.43 bits per heavy atom. The summed E-state index contributed by atoms with van der Waals surface area (Å²) in [6, 6.07) is 17.0. The minimum absolute atomic E-state index is 0.0268. The third kappa shape index (κ3) is 3.37. The van der Waals surface area contributed by atoms with Gasteiger partial charge in [-0.1, -0.05) is 36.4 Å². The van der Waals surface area contributed by atoms with Crippen LogP contribution in [0.4, 0.5) is 0 Å². The molecule has 3 aromatic carbocycles. The van der Waals surface area contributed by atoms with Gasteiger partial charge >= 0.3 is 5.97 Å². The molecule has 4 rings (SSSR count). The van der Waals surface area contributed by atoms with Crippen LogP contribution in [0.25, 0.3) is 0 Å². The van der Waals surface area contributed by atoms with Crippen LogP contribution in [-0.2, 0) is 4.79 Å². The van der Waals surface area contributed by atoms with Gasteiger partial charge in [-0.05, 0) is 29.8 Å². The number of methoxy groups -OCH3 is 2. The monoisotopic (exact) mass is 404 g/mol. The molecule has 0 aliphatic carbocycles. The first-order valence-corrected chi connectivity index (χ1v) is 9.41. The lowest BCUT2D eigenvalue weighted by atomic mass is 9.84. The van der Waals surface area contributed by atoms with Crippen LogP contribution in [0.5, 0.6) is 23.0 Å². The third-order valence-corrected chi connectivity index (χ3v) is 5.21. The molecule has 0 saturated heterocycles. The summed E-state index contributed by atoms with van der Waals surface area (Å²) < 4.78 is 16.0. The van der Waals surface area contributed by atoms with E-state index in [1.54, 1.807) is 48.5 Å². The minimum Gasteiger partial charge on any atom is -0.507 e. The Balaban J connectivity index is 1.84. The van der Waals surface area contributed by atoms with E-state index in [0.717, 1.165) is 5.56 Å². The van der Waals surface area contributed by atoms with Crippen molar-refractivity contribution in [2.45, 2.75) is 12.3 Å². The molecule has 1 N–H and O–H groups in total. The maximum atomic E-state index is 12.9. The smallest absolute Gasteiger partial charge is 0.312 e. The third-order valence-electron chi connectivity index (χ3n) is 5.21. The van der Waals surface area contributed by atoms with Gasteiger partial charge in [0, 0.05) is 17.0 Å². The average Bonchev–Trinajstić information content (AvgIpc) is 2.78. The molecule has 0 aromatic heterocycles. The largest absolute Gasteiger partial charge is 0.507 e. The number of rotatable bonds is 5. The molecule has 0 spiro atoms. The zero-order valence-corrected chi connectivity index (χ0v) is 16.5. The van der Waals surface area contributed by atoms with E-state index in [2.05, 4.69) is 0 Å². The van der Waals surface area contributed by atoms with E-state index in [0.29, 0.717) is 22.6 Å². The number of phenolic OH excluding ortho intramolecular Hbond substituents is 1. The number of ketones is 1. The molecule has 30 heavy (non-hydrogen) atoms. The van der Waals surface area contributed by atoms with Gasteiger partial charge in [0.25, 0.3) is 0 Å². The summed E-state index contributed by atoms with van der Waals surface area (Å²) >= 11 is 0. The standard InChI is InChI=1S/C24H20O6/c1-28-18-10-8-15(12-20(18)29-2)17-13-21(25)30-19-11-9-16(24(27)22(17)19)23(26)14-6-4-3-5-7-14/h3-12,17,27H,13H2,1-2H3. The SMILES string of the molecule is COc1ccc(C2CC(=O)Oc3ccc(C(=O)c4ccccc4)c(O)c32)cc1OC. The second-order valence-electron chi connectivity index (χ2n) is 6.91. The van der Waals surface area contributed by atoms with Crippen LogP contribution in [0.1, 0.15) is 39.4 Å². The molecule has 0 amide bonds. The molecule has 6 heteroatoms. The summed E-state index contributed by atoms with van der Waals surface area (Å²) in [6.45, 7) is 0. The second kappa shape index (κ2) is 7.91. The molecule has 0 radical (unpaired) electrons. The zero-order chi connectivity index (χ0) is 21.3. The normalized spacial score (nSPS) is 15.1. The van der Waals surface area contributed by atoms with Crippen molar-refractivity contribution >= 4 is 11.8 Å². The molecule has 152 valence electrons. The molecule has 1 atom stereocenters. The van der Waals surface area contributed by atoms with E-state index in [-0.39, 0.29) is 29.3 Å². The maximum Gasteiger partial charge on any atom is 0.312 e. The summed E-state index contributed by atoms with van der Waals surface area (Å²) in [5, 5.41) is 11.0. The first-order chi connectivity index (χ1) is 14.5. The molecule has 0 saturated carbocycles. The van der Waals surface area contributed by atoms with Gasteiger partial charge in [0.15, 0.2) is 17.3 Å². The Hall–Kier alpha value is -3.80. The van der Waals surface area contributed by atoms with E-state index in [4.69, 9.17) is 14.2 Å². The molecule has 0 bridgehead atoms. The van der Waals surface area contributed by atoms with Crippen molar-refractivity contribution in [3.63, 3.8) is 0 Å². The van der Waals surface area contributed by atoms with Crippen molar-refractivity contribution in [1.82, 2.24) is 0 Å². The van der Waals surface area contributed by atoms with Gasteiger partial charge in [0.2, 0.25) is 0 Å². The van der Waals surface area contributed by atoms with Gasteiger partial charge in [-0.2, -0.15) is 0 Å². The van der Waals surface area contributed by atoms with Crippen LogP contribution in [0.15, 0.2) is 60.7 Å². The topological polar surface area (TPSA) is 82.1 Å². The molecular formula is C24H20O6. The summed E-state index contributed by atoms with van der Waals surface area (Å²) in [4.78, 5) is 25.2. The first kappa shape index (κ1) is 19.5. The lowest BCUT2D eigenvalue weighted by Gasteiger charge is -2.27. The number of benzene rings is 3. The van der Waals surface area contributed by atoms with Gasteiger partial charge in [0.1, 0.15) is 11.5 Å². The van der Waals surface area contributed by atoms with Crippen LogP contribution in [-0.4, -0.2) is 31.1 Å². The lowest BCUT2D eigenvalue weighted by Crippen LogP contribution is -2.22.